The van der Waals surface area contributed by atoms with Crippen molar-refractivity contribution in [2.24, 2.45) is 11.8 Å². The van der Waals surface area contributed by atoms with E-state index in [0.717, 1.165) is 11.8 Å². The van der Waals surface area contributed by atoms with E-state index in [0.29, 0.717) is 4.83 Å². The summed E-state index contributed by atoms with van der Waals surface area (Å²) in [6.07, 6.45) is 5.23. The summed E-state index contributed by atoms with van der Waals surface area (Å²) in [5.74, 6) is 1.68. The van der Waals surface area contributed by atoms with Crippen LogP contribution in [0.1, 0.15) is 36.9 Å². The van der Waals surface area contributed by atoms with Crippen LogP contribution in [-0.4, -0.2) is 9.81 Å². The molecule has 84 valence electrons. The first-order valence-corrected chi connectivity index (χ1v) is 7.49. The average molecular weight is 288 g/mol. The van der Waals surface area contributed by atoms with Gasteiger partial charge >= 0.3 is 0 Å². The molecule has 0 radical (unpaired) electrons. The molecule has 0 bridgehead atoms. The fraction of sp³-hybridized carbons (Fsp3) is 0.750. The Morgan fingerprint density at radius 3 is 3.00 bits per heavy atom. The van der Waals surface area contributed by atoms with Crippen LogP contribution in [0.5, 0.6) is 0 Å². The molecule has 0 amide bonds. The highest BCUT2D eigenvalue weighted by atomic mass is 79.9. The first kappa shape index (κ1) is 11.6. The summed E-state index contributed by atoms with van der Waals surface area (Å²) in [6.45, 7) is 4.45. The first-order valence-electron chi connectivity index (χ1n) is 5.70. The minimum Gasteiger partial charge on any atom is -0.247 e. The Morgan fingerprint density at radius 2 is 2.33 bits per heavy atom. The highest BCUT2D eigenvalue weighted by Crippen LogP contribution is 2.35. The normalized spacial score (nSPS) is 31.8. The van der Waals surface area contributed by atoms with Crippen LogP contribution in [0.2, 0.25) is 0 Å². The summed E-state index contributed by atoms with van der Waals surface area (Å²) in [4.78, 5) is 5.27. The monoisotopic (exact) mass is 287 g/mol. The van der Waals surface area contributed by atoms with Gasteiger partial charge in [-0.25, -0.2) is 4.98 Å². The number of nitrogens with zero attached hydrogens (tertiary/aromatic N) is 1. The number of alkyl halides is 1. The second-order valence-corrected chi connectivity index (χ2v) is 6.90. The zero-order valence-electron chi connectivity index (χ0n) is 9.37. The Bertz CT molecular complexity index is 323. The first-order chi connectivity index (χ1) is 7.15. The van der Waals surface area contributed by atoms with Crippen molar-refractivity contribution in [3.8, 4) is 0 Å². The predicted molar refractivity (Wildman–Crippen MR) is 69.8 cm³/mol. The summed E-state index contributed by atoms with van der Waals surface area (Å²) in [5.41, 5.74) is 1.17. The fourth-order valence-electron chi connectivity index (χ4n) is 2.39. The third kappa shape index (κ3) is 3.04. The van der Waals surface area contributed by atoms with Gasteiger partial charge in [-0.2, -0.15) is 0 Å². The topological polar surface area (TPSA) is 12.9 Å². The van der Waals surface area contributed by atoms with Crippen LogP contribution in [0.3, 0.4) is 0 Å². The van der Waals surface area contributed by atoms with Crippen LogP contribution in [-0.2, 0) is 6.42 Å². The Morgan fingerprint density at radius 1 is 1.53 bits per heavy atom. The number of halogens is 1. The number of aromatic nitrogens is 1. The highest BCUT2D eigenvalue weighted by Gasteiger charge is 2.27. The molecular formula is C12H18BrNS. The molecular weight excluding hydrogens is 270 g/mol. The standard InChI is InChI=1S/C12H18BrNS/c1-8-3-4-11(13)10(5-8)6-12-14-9(2)7-15-12/h7-8,10-11H,3-6H2,1-2H3. The van der Waals surface area contributed by atoms with Gasteiger partial charge in [-0.1, -0.05) is 22.9 Å². The van der Waals surface area contributed by atoms with E-state index in [1.54, 1.807) is 0 Å². The second-order valence-electron chi connectivity index (χ2n) is 4.78. The molecule has 15 heavy (non-hydrogen) atoms. The van der Waals surface area contributed by atoms with E-state index in [4.69, 9.17) is 0 Å². The number of hydrogen-bond acceptors (Lipinski definition) is 2. The van der Waals surface area contributed by atoms with Crippen molar-refractivity contribution < 1.29 is 0 Å². The minimum absolute atomic E-state index is 0.706. The van der Waals surface area contributed by atoms with Crippen LogP contribution in [0.15, 0.2) is 5.38 Å². The molecule has 0 saturated heterocycles. The molecule has 0 aromatic carbocycles. The molecule has 0 spiro atoms. The second kappa shape index (κ2) is 4.96. The van der Waals surface area contributed by atoms with Crippen LogP contribution in [0, 0.1) is 18.8 Å². The molecule has 1 saturated carbocycles. The van der Waals surface area contributed by atoms with Gasteiger partial charge in [0.05, 0.1) is 5.01 Å². The third-order valence-corrected chi connectivity index (χ3v) is 5.45. The number of rotatable bonds is 2. The maximum atomic E-state index is 4.56. The predicted octanol–water partition coefficient (Wildman–Crippen LogP) is 4.19. The van der Waals surface area contributed by atoms with Crippen LogP contribution in [0.25, 0.3) is 0 Å². The fourth-order valence-corrected chi connectivity index (χ4v) is 3.93. The summed E-state index contributed by atoms with van der Waals surface area (Å²) in [6, 6.07) is 0. The van der Waals surface area contributed by atoms with Crippen molar-refractivity contribution >= 4 is 27.3 Å². The zero-order valence-corrected chi connectivity index (χ0v) is 11.8. The molecule has 3 unspecified atom stereocenters. The molecule has 1 heterocycles. The van der Waals surface area contributed by atoms with E-state index in [1.807, 2.05) is 11.3 Å². The van der Waals surface area contributed by atoms with Crippen molar-refractivity contribution in [3.05, 3.63) is 16.1 Å². The zero-order chi connectivity index (χ0) is 10.8. The van der Waals surface area contributed by atoms with Crippen molar-refractivity contribution in [2.45, 2.75) is 44.4 Å². The molecule has 2 rings (SSSR count). The molecule has 3 heteroatoms. The maximum Gasteiger partial charge on any atom is 0.0931 e. The van der Waals surface area contributed by atoms with Crippen LogP contribution < -0.4 is 0 Å². The van der Waals surface area contributed by atoms with Crippen molar-refractivity contribution in [2.75, 3.05) is 0 Å². The summed E-state index contributed by atoms with van der Waals surface area (Å²) >= 11 is 5.64. The largest absolute Gasteiger partial charge is 0.247 e. The van der Waals surface area contributed by atoms with Crippen molar-refractivity contribution in [3.63, 3.8) is 0 Å². The molecule has 0 N–H and O–H groups in total. The van der Waals surface area contributed by atoms with Gasteiger partial charge in [0.1, 0.15) is 0 Å². The molecule has 3 atom stereocenters. The molecule has 1 aliphatic rings. The molecule has 1 aliphatic carbocycles. The van der Waals surface area contributed by atoms with Gasteiger partial charge in [0.25, 0.3) is 0 Å². The lowest BCUT2D eigenvalue weighted by atomic mass is 9.81. The van der Waals surface area contributed by atoms with Crippen LogP contribution in [0.4, 0.5) is 0 Å². The lowest BCUT2D eigenvalue weighted by Gasteiger charge is -2.30. The highest BCUT2D eigenvalue weighted by molar-refractivity contribution is 9.09. The maximum absolute atomic E-state index is 4.56. The average Bonchev–Trinajstić information content (AvgIpc) is 2.58. The summed E-state index contributed by atoms with van der Waals surface area (Å²) in [5, 5.41) is 3.47. The van der Waals surface area contributed by atoms with E-state index in [-0.39, 0.29) is 0 Å². The van der Waals surface area contributed by atoms with Gasteiger partial charge in [-0.05, 0) is 38.0 Å². The summed E-state index contributed by atoms with van der Waals surface area (Å²) in [7, 11) is 0. The van der Waals surface area contributed by atoms with Crippen molar-refractivity contribution in [1.29, 1.82) is 0 Å². The molecule has 1 aromatic heterocycles. The lowest BCUT2D eigenvalue weighted by molar-refractivity contribution is 0.294. The molecule has 0 aliphatic heterocycles. The van der Waals surface area contributed by atoms with E-state index in [1.165, 1.54) is 36.4 Å². The van der Waals surface area contributed by atoms with Gasteiger partial charge in [0.15, 0.2) is 0 Å². The Kier molecular flexibility index (Phi) is 3.83. The van der Waals surface area contributed by atoms with Crippen molar-refractivity contribution in [1.82, 2.24) is 4.98 Å². The Balaban J connectivity index is 1.98. The quantitative estimate of drug-likeness (QED) is 0.743. The van der Waals surface area contributed by atoms with Crippen LogP contribution >= 0.6 is 27.3 Å². The Hall–Kier alpha value is 0.110. The van der Waals surface area contributed by atoms with E-state index in [2.05, 4.69) is 40.1 Å². The molecule has 1 fully saturated rings. The third-order valence-electron chi connectivity index (χ3n) is 3.26. The van der Waals surface area contributed by atoms with E-state index < -0.39 is 0 Å². The smallest absolute Gasteiger partial charge is 0.0931 e. The van der Waals surface area contributed by atoms with Gasteiger partial charge in [-0.3, -0.25) is 0 Å². The van der Waals surface area contributed by atoms with Gasteiger partial charge in [0, 0.05) is 22.3 Å². The summed E-state index contributed by atoms with van der Waals surface area (Å²) < 4.78 is 0. The SMILES string of the molecule is Cc1csc(CC2CC(C)CCC2Br)n1. The molecule has 1 nitrogen and oxygen atoms in total. The number of hydrogen-bond donors (Lipinski definition) is 0. The van der Waals surface area contributed by atoms with Gasteiger partial charge in [-0.15, -0.1) is 11.3 Å². The van der Waals surface area contributed by atoms with Gasteiger partial charge in [0.2, 0.25) is 0 Å². The Labute approximate surface area is 104 Å². The van der Waals surface area contributed by atoms with Gasteiger partial charge < -0.3 is 0 Å². The number of aryl methyl sites for hydroxylation is 1. The van der Waals surface area contributed by atoms with E-state index >= 15 is 0 Å². The number of thiazole rings is 1. The minimum atomic E-state index is 0.706. The lowest BCUT2D eigenvalue weighted by Crippen LogP contribution is -2.25. The van der Waals surface area contributed by atoms with E-state index in [9.17, 15) is 0 Å². The molecule has 1 aromatic rings.